The van der Waals surface area contributed by atoms with Crippen molar-refractivity contribution < 1.29 is 18.4 Å². The molecule has 0 aliphatic rings. The van der Waals surface area contributed by atoms with Gasteiger partial charge in [-0.2, -0.15) is 0 Å². The third-order valence-electron chi connectivity index (χ3n) is 1.84. The monoisotopic (exact) mass is 218 g/mol. The van der Waals surface area contributed by atoms with Crippen LogP contribution in [0, 0.1) is 17.0 Å². The molecule has 1 aromatic rings. The van der Waals surface area contributed by atoms with Gasteiger partial charge in [0.15, 0.2) is 0 Å². The summed E-state index contributed by atoms with van der Waals surface area (Å²) in [4.78, 5) is 13.3. The second-order valence-electron chi connectivity index (χ2n) is 2.74. The van der Waals surface area contributed by atoms with Crippen LogP contribution in [0.1, 0.15) is 17.7 Å². The predicted molar refractivity (Wildman–Crippen MR) is 47.1 cm³/mol. The molecule has 0 saturated heterocycles. The number of hydrogen-bond donors (Lipinski definition) is 0. The number of alkyl halides is 2. The van der Waals surface area contributed by atoms with Gasteiger partial charge in [-0.1, -0.05) is 0 Å². The van der Waals surface area contributed by atoms with E-state index >= 15 is 0 Å². The fourth-order valence-corrected chi connectivity index (χ4v) is 1.18. The van der Waals surface area contributed by atoms with Gasteiger partial charge in [0.05, 0.1) is 17.7 Å². The number of aromatic nitrogens is 1. The van der Waals surface area contributed by atoms with E-state index in [0.29, 0.717) is 0 Å². The van der Waals surface area contributed by atoms with Crippen LogP contribution < -0.4 is 4.74 Å². The molecule has 0 aromatic carbocycles. The minimum atomic E-state index is -2.95. The number of ether oxygens (including phenoxy) is 1. The van der Waals surface area contributed by atoms with Gasteiger partial charge >= 0.3 is 5.69 Å². The molecule has 0 spiro atoms. The number of hydrogen-bond acceptors (Lipinski definition) is 4. The highest BCUT2D eigenvalue weighted by molar-refractivity contribution is 5.54. The normalized spacial score (nSPS) is 10.5. The molecular weight excluding hydrogens is 210 g/mol. The molecule has 0 radical (unpaired) electrons. The van der Waals surface area contributed by atoms with Gasteiger partial charge in [0.25, 0.3) is 6.43 Å². The average molecular weight is 218 g/mol. The minimum absolute atomic E-state index is 0.202. The summed E-state index contributed by atoms with van der Waals surface area (Å²) in [7, 11) is 1.17. The maximum atomic E-state index is 12.4. The van der Waals surface area contributed by atoms with Crippen LogP contribution in [0.2, 0.25) is 0 Å². The van der Waals surface area contributed by atoms with Crippen molar-refractivity contribution in [2.24, 2.45) is 0 Å². The lowest BCUT2D eigenvalue weighted by atomic mass is 10.2. The van der Waals surface area contributed by atoms with Crippen molar-refractivity contribution in [3.63, 3.8) is 0 Å². The van der Waals surface area contributed by atoms with Gasteiger partial charge in [0.1, 0.15) is 5.56 Å². The van der Waals surface area contributed by atoms with E-state index in [4.69, 9.17) is 4.74 Å². The highest BCUT2D eigenvalue weighted by atomic mass is 19.3. The summed E-state index contributed by atoms with van der Waals surface area (Å²) < 4.78 is 29.6. The van der Waals surface area contributed by atoms with Crippen LogP contribution in [-0.2, 0) is 0 Å². The van der Waals surface area contributed by atoms with Crippen LogP contribution in [0.3, 0.4) is 0 Å². The molecular formula is C8H8F2N2O3. The molecule has 1 rings (SSSR count). The van der Waals surface area contributed by atoms with Gasteiger partial charge in [-0.3, -0.25) is 15.1 Å². The number of halogens is 2. The highest BCUT2D eigenvalue weighted by Gasteiger charge is 2.28. The van der Waals surface area contributed by atoms with Crippen LogP contribution in [0.15, 0.2) is 6.20 Å². The Morgan fingerprint density at radius 2 is 2.20 bits per heavy atom. The van der Waals surface area contributed by atoms with Crippen molar-refractivity contribution in [3.05, 3.63) is 27.6 Å². The molecule has 1 heterocycles. The number of methoxy groups -OCH3 is 1. The molecule has 5 nitrogen and oxygen atoms in total. The zero-order valence-electron chi connectivity index (χ0n) is 8.03. The molecule has 0 unspecified atom stereocenters. The third kappa shape index (κ3) is 2.00. The molecule has 15 heavy (non-hydrogen) atoms. The largest absolute Gasteiger partial charge is 0.489 e. The lowest BCUT2D eigenvalue weighted by Gasteiger charge is -2.07. The van der Waals surface area contributed by atoms with E-state index in [1.165, 1.54) is 14.0 Å². The van der Waals surface area contributed by atoms with Gasteiger partial charge in [0, 0.05) is 6.20 Å². The Morgan fingerprint density at radius 1 is 1.60 bits per heavy atom. The van der Waals surface area contributed by atoms with E-state index in [0.717, 1.165) is 6.20 Å². The van der Waals surface area contributed by atoms with Crippen molar-refractivity contribution in [3.8, 4) is 5.75 Å². The quantitative estimate of drug-likeness (QED) is 0.576. The van der Waals surface area contributed by atoms with Crippen molar-refractivity contribution in [2.75, 3.05) is 7.11 Å². The maximum Gasteiger partial charge on any atom is 0.323 e. The number of pyridine rings is 1. The zero-order chi connectivity index (χ0) is 11.6. The summed E-state index contributed by atoms with van der Waals surface area (Å²) in [5.74, 6) is -0.224. The zero-order valence-corrected chi connectivity index (χ0v) is 8.03. The standard InChI is InChI=1S/C8H8F2N2O3/c1-4-7(15-2)6(12(13)14)5(3-11-4)8(9)10/h3,8H,1-2H3. The summed E-state index contributed by atoms with van der Waals surface area (Å²) >= 11 is 0. The molecule has 1 aromatic heterocycles. The Labute approximate surface area is 83.8 Å². The first kappa shape index (κ1) is 11.3. The third-order valence-corrected chi connectivity index (χ3v) is 1.84. The van der Waals surface area contributed by atoms with Gasteiger partial charge in [-0.15, -0.1) is 0 Å². The lowest BCUT2D eigenvalue weighted by Crippen LogP contribution is -2.03. The van der Waals surface area contributed by atoms with Gasteiger partial charge in [0.2, 0.25) is 5.75 Å². The summed E-state index contributed by atoms with van der Waals surface area (Å²) in [5.41, 5.74) is -1.25. The lowest BCUT2D eigenvalue weighted by molar-refractivity contribution is -0.387. The summed E-state index contributed by atoms with van der Waals surface area (Å²) in [6.07, 6.45) is -2.16. The molecule has 0 atom stereocenters. The second-order valence-corrected chi connectivity index (χ2v) is 2.74. The minimum Gasteiger partial charge on any atom is -0.489 e. The number of aryl methyl sites for hydroxylation is 1. The molecule has 0 N–H and O–H groups in total. The molecule has 0 amide bonds. The van der Waals surface area contributed by atoms with Crippen LogP contribution in [0.25, 0.3) is 0 Å². The van der Waals surface area contributed by atoms with E-state index in [9.17, 15) is 18.9 Å². The van der Waals surface area contributed by atoms with E-state index in [1.807, 2.05) is 0 Å². The Morgan fingerprint density at radius 3 is 2.60 bits per heavy atom. The molecule has 82 valence electrons. The number of rotatable bonds is 3. The number of nitrogens with zero attached hydrogens (tertiary/aromatic N) is 2. The van der Waals surface area contributed by atoms with Gasteiger partial charge in [-0.25, -0.2) is 8.78 Å². The molecule has 0 bridgehead atoms. The fraction of sp³-hybridized carbons (Fsp3) is 0.375. The van der Waals surface area contributed by atoms with Crippen molar-refractivity contribution in [1.29, 1.82) is 0 Å². The molecule has 0 fully saturated rings. The van der Waals surface area contributed by atoms with Crippen LogP contribution in [0.5, 0.6) is 5.75 Å². The molecule has 7 heteroatoms. The van der Waals surface area contributed by atoms with Crippen LogP contribution in [-0.4, -0.2) is 17.0 Å². The summed E-state index contributed by atoms with van der Waals surface area (Å²) in [6.45, 7) is 1.45. The maximum absolute atomic E-state index is 12.4. The first-order chi connectivity index (χ1) is 6.99. The van der Waals surface area contributed by atoms with Crippen molar-refractivity contribution >= 4 is 5.69 Å². The molecule has 0 saturated carbocycles. The summed E-state index contributed by atoms with van der Waals surface area (Å²) in [6, 6.07) is 0. The van der Waals surface area contributed by atoms with Gasteiger partial charge in [-0.05, 0) is 6.92 Å². The molecule has 0 aliphatic heterocycles. The Bertz CT molecular complexity index is 396. The van der Waals surface area contributed by atoms with Crippen molar-refractivity contribution in [1.82, 2.24) is 4.98 Å². The first-order valence-electron chi connectivity index (χ1n) is 3.95. The smallest absolute Gasteiger partial charge is 0.323 e. The average Bonchev–Trinajstić information content (AvgIpc) is 2.16. The Hall–Kier alpha value is -1.79. The predicted octanol–water partition coefficient (Wildman–Crippen LogP) is 2.24. The Balaban J connectivity index is 3.49. The van der Waals surface area contributed by atoms with E-state index in [-0.39, 0.29) is 11.4 Å². The Kier molecular flexibility index (Phi) is 3.13. The first-order valence-corrected chi connectivity index (χ1v) is 3.95. The van der Waals surface area contributed by atoms with Crippen LogP contribution in [0.4, 0.5) is 14.5 Å². The second kappa shape index (κ2) is 4.16. The van der Waals surface area contributed by atoms with E-state index in [2.05, 4.69) is 4.98 Å². The fourth-order valence-electron chi connectivity index (χ4n) is 1.18. The SMILES string of the molecule is COc1c(C)ncc(C(F)F)c1[N+](=O)[O-]. The van der Waals surface area contributed by atoms with E-state index in [1.54, 1.807) is 0 Å². The topological polar surface area (TPSA) is 65.3 Å². The van der Waals surface area contributed by atoms with E-state index < -0.39 is 22.6 Å². The van der Waals surface area contributed by atoms with Crippen LogP contribution >= 0.6 is 0 Å². The summed E-state index contributed by atoms with van der Waals surface area (Å²) in [5, 5.41) is 10.6. The molecule has 0 aliphatic carbocycles. The number of nitro groups is 1. The van der Waals surface area contributed by atoms with Gasteiger partial charge < -0.3 is 4.74 Å². The van der Waals surface area contributed by atoms with Crippen molar-refractivity contribution in [2.45, 2.75) is 13.3 Å². The highest BCUT2D eigenvalue weighted by Crippen LogP contribution is 2.37.